The van der Waals surface area contributed by atoms with Crippen LogP contribution in [0.1, 0.15) is 22.4 Å². The Hall–Kier alpha value is -1.96. The highest BCUT2D eigenvalue weighted by atomic mass is 79.9. The van der Waals surface area contributed by atoms with Crippen molar-refractivity contribution in [2.75, 3.05) is 5.32 Å². The van der Waals surface area contributed by atoms with E-state index in [2.05, 4.69) is 49.1 Å². The number of halogens is 2. The van der Waals surface area contributed by atoms with Crippen LogP contribution in [0.3, 0.4) is 0 Å². The number of nitrogens with zero attached hydrogens (tertiary/aromatic N) is 1. The standard InChI is InChI=1S/C20H14Br2N2O2S/c1-2-17-18(11-3-5-13(21)6-4-11)23-20(27-17)24-19(25)16-10-12-9-14(22)7-8-15(12)26-16/h3-10H,2H2,1H3,(H,23,24,25). The van der Waals surface area contributed by atoms with E-state index in [4.69, 9.17) is 4.42 Å². The summed E-state index contributed by atoms with van der Waals surface area (Å²) in [5.41, 5.74) is 2.60. The summed E-state index contributed by atoms with van der Waals surface area (Å²) in [4.78, 5) is 18.4. The number of rotatable bonds is 4. The molecule has 0 aliphatic heterocycles. The van der Waals surface area contributed by atoms with Crippen LogP contribution >= 0.6 is 43.2 Å². The number of carbonyl (C=O) groups is 1. The number of carbonyl (C=O) groups excluding carboxylic acids is 1. The minimum Gasteiger partial charge on any atom is -0.451 e. The van der Waals surface area contributed by atoms with Gasteiger partial charge in [0.15, 0.2) is 10.9 Å². The molecule has 0 unspecified atom stereocenters. The Balaban J connectivity index is 1.61. The topological polar surface area (TPSA) is 55.1 Å². The normalized spacial score (nSPS) is 11.1. The van der Waals surface area contributed by atoms with Crippen molar-refractivity contribution < 1.29 is 9.21 Å². The number of hydrogen-bond acceptors (Lipinski definition) is 4. The zero-order valence-corrected chi connectivity index (χ0v) is 18.2. The van der Waals surface area contributed by atoms with Gasteiger partial charge in [-0.3, -0.25) is 10.1 Å². The van der Waals surface area contributed by atoms with Crippen molar-refractivity contribution in [3.63, 3.8) is 0 Å². The molecule has 1 amide bonds. The van der Waals surface area contributed by atoms with Gasteiger partial charge in [0, 0.05) is 24.8 Å². The van der Waals surface area contributed by atoms with Crippen molar-refractivity contribution >= 4 is 65.2 Å². The molecule has 7 heteroatoms. The molecule has 2 aromatic heterocycles. The van der Waals surface area contributed by atoms with Crippen LogP contribution in [-0.2, 0) is 6.42 Å². The summed E-state index contributed by atoms with van der Waals surface area (Å²) in [6.07, 6.45) is 0.845. The van der Waals surface area contributed by atoms with E-state index in [1.807, 2.05) is 42.5 Å². The lowest BCUT2D eigenvalue weighted by atomic mass is 10.1. The maximum Gasteiger partial charge on any atom is 0.293 e. The third kappa shape index (κ3) is 3.85. The van der Waals surface area contributed by atoms with Gasteiger partial charge in [0.1, 0.15) is 5.58 Å². The van der Waals surface area contributed by atoms with Gasteiger partial charge in [-0.05, 0) is 42.8 Å². The molecule has 0 aliphatic carbocycles. The number of anilines is 1. The lowest BCUT2D eigenvalue weighted by Crippen LogP contribution is -2.10. The Morgan fingerprint density at radius 1 is 1.11 bits per heavy atom. The zero-order chi connectivity index (χ0) is 19.0. The second kappa shape index (κ2) is 7.58. The minimum absolute atomic E-state index is 0.265. The lowest BCUT2D eigenvalue weighted by Gasteiger charge is -2.00. The van der Waals surface area contributed by atoms with Gasteiger partial charge >= 0.3 is 0 Å². The van der Waals surface area contributed by atoms with Crippen LogP contribution < -0.4 is 5.32 Å². The summed E-state index contributed by atoms with van der Waals surface area (Å²) in [7, 11) is 0. The van der Waals surface area contributed by atoms with Crippen molar-refractivity contribution in [2.24, 2.45) is 0 Å². The highest BCUT2D eigenvalue weighted by Gasteiger charge is 2.17. The third-order valence-corrected chi connectivity index (χ3v) is 6.20. The lowest BCUT2D eigenvalue weighted by molar-refractivity contribution is 0.0998. The smallest absolute Gasteiger partial charge is 0.293 e. The number of aryl methyl sites for hydroxylation is 1. The average Bonchev–Trinajstić information content (AvgIpc) is 3.25. The molecule has 0 saturated carbocycles. The molecule has 136 valence electrons. The second-order valence-corrected chi connectivity index (χ2v) is 8.81. The second-order valence-electron chi connectivity index (χ2n) is 5.90. The highest BCUT2D eigenvalue weighted by molar-refractivity contribution is 9.10. The predicted octanol–water partition coefficient (Wildman–Crippen LogP) is 6.90. The van der Waals surface area contributed by atoms with E-state index in [0.717, 1.165) is 36.9 Å². The van der Waals surface area contributed by atoms with E-state index in [-0.39, 0.29) is 11.7 Å². The summed E-state index contributed by atoms with van der Waals surface area (Å²) < 4.78 is 7.61. The van der Waals surface area contributed by atoms with Crippen LogP contribution in [0.4, 0.5) is 5.13 Å². The first-order chi connectivity index (χ1) is 13.0. The number of amides is 1. The summed E-state index contributed by atoms with van der Waals surface area (Å²) in [6, 6.07) is 15.4. The molecule has 4 rings (SSSR count). The van der Waals surface area contributed by atoms with Gasteiger partial charge in [0.05, 0.1) is 5.69 Å². The Kier molecular flexibility index (Phi) is 5.16. The predicted molar refractivity (Wildman–Crippen MR) is 116 cm³/mol. The van der Waals surface area contributed by atoms with E-state index in [1.54, 1.807) is 6.07 Å². The Morgan fingerprint density at radius 2 is 1.85 bits per heavy atom. The first-order valence-corrected chi connectivity index (χ1v) is 10.7. The summed E-state index contributed by atoms with van der Waals surface area (Å²) in [5, 5.41) is 4.30. The maximum absolute atomic E-state index is 12.6. The van der Waals surface area contributed by atoms with Crippen molar-refractivity contribution in [1.82, 2.24) is 4.98 Å². The van der Waals surface area contributed by atoms with Gasteiger partial charge in [-0.15, -0.1) is 11.3 Å². The molecule has 0 saturated heterocycles. The van der Waals surface area contributed by atoms with E-state index >= 15 is 0 Å². The van der Waals surface area contributed by atoms with Crippen LogP contribution in [0.5, 0.6) is 0 Å². The van der Waals surface area contributed by atoms with E-state index in [9.17, 15) is 4.79 Å². The molecule has 0 spiro atoms. The largest absolute Gasteiger partial charge is 0.451 e. The first-order valence-electron chi connectivity index (χ1n) is 8.29. The molecule has 4 aromatic rings. The van der Waals surface area contributed by atoms with Gasteiger partial charge in [-0.1, -0.05) is 50.9 Å². The molecule has 0 atom stereocenters. The van der Waals surface area contributed by atoms with Crippen molar-refractivity contribution in [1.29, 1.82) is 0 Å². The number of aromatic nitrogens is 1. The van der Waals surface area contributed by atoms with Crippen LogP contribution in [0.2, 0.25) is 0 Å². The number of benzene rings is 2. The van der Waals surface area contributed by atoms with E-state index in [1.165, 1.54) is 11.3 Å². The zero-order valence-electron chi connectivity index (χ0n) is 14.3. The molecular formula is C20H14Br2N2O2S. The molecule has 1 N–H and O–H groups in total. The van der Waals surface area contributed by atoms with Gasteiger partial charge in [-0.2, -0.15) is 0 Å². The first kappa shape index (κ1) is 18.4. The maximum atomic E-state index is 12.6. The number of thiazole rings is 1. The SMILES string of the molecule is CCc1sc(NC(=O)c2cc3cc(Br)ccc3o2)nc1-c1ccc(Br)cc1. The van der Waals surface area contributed by atoms with Gasteiger partial charge < -0.3 is 4.42 Å². The van der Waals surface area contributed by atoms with Crippen LogP contribution in [-0.4, -0.2) is 10.9 Å². The molecule has 0 radical (unpaired) electrons. The van der Waals surface area contributed by atoms with Crippen molar-refractivity contribution in [3.8, 4) is 11.3 Å². The molecule has 2 heterocycles. The van der Waals surface area contributed by atoms with Crippen molar-refractivity contribution in [2.45, 2.75) is 13.3 Å². The third-order valence-electron chi connectivity index (χ3n) is 4.06. The molecule has 27 heavy (non-hydrogen) atoms. The Labute approximate surface area is 176 Å². The average molecular weight is 506 g/mol. The van der Waals surface area contributed by atoms with Crippen LogP contribution in [0.25, 0.3) is 22.2 Å². The summed E-state index contributed by atoms with van der Waals surface area (Å²) in [6.45, 7) is 2.08. The molecule has 2 aromatic carbocycles. The number of hydrogen-bond donors (Lipinski definition) is 1. The Bertz CT molecular complexity index is 1130. The fourth-order valence-corrected chi connectivity index (χ4v) is 4.32. The van der Waals surface area contributed by atoms with Crippen LogP contribution in [0, 0.1) is 0 Å². The minimum atomic E-state index is -0.305. The Morgan fingerprint density at radius 3 is 2.59 bits per heavy atom. The number of furan rings is 1. The fraction of sp³-hybridized carbons (Fsp3) is 0.100. The molecule has 4 nitrogen and oxygen atoms in total. The van der Waals surface area contributed by atoms with Crippen LogP contribution in [0.15, 0.2) is 61.9 Å². The monoisotopic (exact) mass is 504 g/mol. The fourth-order valence-electron chi connectivity index (χ4n) is 2.76. The van der Waals surface area contributed by atoms with Crippen molar-refractivity contribution in [3.05, 3.63) is 68.1 Å². The summed E-state index contributed by atoms with van der Waals surface area (Å²) in [5.74, 6) is -0.0392. The summed E-state index contributed by atoms with van der Waals surface area (Å²) >= 11 is 8.36. The van der Waals surface area contributed by atoms with E-state index in [0.29, 0.717) is 10.7 Å². The molecule has 0 fully saturated rings. The highest BCUT2D eigenvalue weighted by Crippen LogP contribution is 2.33. The van der Waals surface area contributed by atoms with E-state index < -0.39 is 0 Å². The van der Waals surface area contributed by atoms with Gasteiger partial charge in [0.2, 0.25) is 0 Å². The van der Waals surface area contributed by atoms with Gasteiger partial charge in [-0.25, -0.2) is 4.98 Å². The molecular weight excluding hydrogens is 492 g/mol. The quantitative estimate of drug-likeness (QED) is 0.328. The van der Waals surface area contributed by atoms with Gasteiger partial charge in [0.25, 0.3) is 5.91 Å². The number of fused-ring (bicyclic) bond motifs is 1. The molecule has 0 aliphatic rings. The number of nitrogens with one attached hydrogen (secondary N) is 1. The molecule has 0 bridgehead atoms.